The minimum atomic E-state index is -0.225. The Morgan fingerprint density at radius 1 is 0.870 bits per heavy atom. The van der Waals surface area contributed by atoms with Crippen molar-refractivity contribution < 1.29 is 9.59 Å². The van der Waals surface area contributed by atoms with Crippen LogP contribution in [0, 0.1) is 0 Å². The lowest BCUT2D eigenvalue weighted by Gasteiger charge is -2.08. The second-order valence-corrected chi connectivity index (χ2v) is 5.36. The molecule has 0 aliphatic carbocycles. The van der Waals surface area contributed by atoms with Gasteiger partial charge in [-0.3, -0.25) is 9.59 Å². The van der Waals surface area contributed by atoms with E-state index in [2.05, 4.69) is 17.6 Å². The summed E-state index contributed by atoms with van der Waals surface area (Å²) in [6.45, 7) is 2.78. The summed E-state index contributed by atoms with van der Waals surface area (Å²) in [5.41, 5.74) is 1.70. The molecule has 2 aromatic carbocycles. The molecule has 0 heterocycles. The molecule has 0 atom stereocenters. The molecule has 0 saturated heterocycles. The van der Waals surface area contributed by atoms with Crippen molar-refractivity contribution in [3.05, 3.63) is 65.7 Å². The van der Waals surface area contributed by atoms with E-state index in [1.54, 1.807) is 24.3 Å². The Morgan fingerprint density at radius 2 is 1.57 bits per heavy atom. The molecule has 0 aromatic heterocycles. The highest BCUT2D eigenvalue weighted by Gasteiger charge is 2.10. The van der Waals surface area contributed by atoms with Gasteiger partial charge in [-0.05, 0) is 36.8 Å². The first-order valence-electron chi connectivity index (χ1n) is 7.95. The third-order valence-corrected chi connectivity index (χ3v) is 3.48. The number of nitrogens with one attached hydrogen (secondary N) is 2. The fourth-order valence-electron chi connectivity index (χ4n) is 2.21. The molecule has 0 spiro atoms. The monoisotopic (exact) mass is 310 g/mol. The minimum absolute atomic E-state index is 0.143. The van der Waals surface area contributed by atoms with Crippen LogP contribution in [0.5, 0.6) is 0 Å². The average Bonchev–Trinajstić information content (AvgIpc) is 2.59. The Bertz CT molecular complexity index is 653. The first-order valence-corrected chi connectivity index (χ1v) is 7.95. The first kappa shape index (κ1) is 16.7. The zero-order valence-electron chi connectivity index (χ0n) is 13.3. The van der Waals surface area contributed by atoms with Gasteiger partial charge in [0.25, 0.3) is 11.8 Å². The van der Waals surface area contributed by atoms with E-state index in [4.69, 9.17) is 0 Å². The SMILES string of the molecule is CCCCCNC(=O)c1cccc(C(=O)Nc2ccccc2)c1. The summed E-state index contributed by atoms with van der Waals surface area (Å²) in [5.74, 6) is -0.368. The number of hydrogen-bond donors (Lipinski definition) is 2. The van der Waals surface area contributed by atoms with Gasteiger partial charge in [-0.15, -0.1) is 0 Å². The van der Waals surface area contributed by atoms with Gasteiger partial charge in [-0.2, -0.15) is 0 Å². The first-order chi connectivity index (χ1) is 11.2. The Balaban J connectivity index is 1.98. The molecule has 2 N–H and O–H groups in total. The van der Waals surface area contributed by atoms with E-state index in [0.717, 1.165) is 24.9 Å². The minimum Gasteiger partial charge on any atom is -0.352 e. The van der Waals surface area contributed by atoms with Crippen LogP contribution in [0.3, 0.4) is 0 Å². The van der Waals surface area contributed by atoms with Crippen molar-refractivity contribution in [1.82, 2.24) is 5.32 Å². The Labute approximate surface area is 136 Å². The molecule has 0 aliphatic heterocycles. The second-order valence-electron chi connectivity index (χ2n) is 5.36. The number of carbonyl (C=O) groups is 2. The van der Waals surface area contributed by atoms with Crippen molar-refractivity contribution in [3.63, 3.8) is 0 Å². The fraction of sp³-hybridized carbons (Fsp3) is 0.263. The van der Waals surface area contributed by atoms with Crippen molar-refractivity contribution in [2.75, 3.05) is 11.9 Å². The molecular formula is C19H22N2O2. The molecule has 2 aromatic rings. The lowest BCUT2D eigenvalue weighted by molar-refractivity contribution is 0.0953. The zero-order chi connectivity index (χ0) is 16.5. The molecule has 2 amide bonds. The molecule has 120 valence electrons. The summed E-state index contributed by atoms with van der Waals surface area (Å²) in [6, 6.07) is 16.0. The van der Waals surface area contributed by atoms with Gasteiger partial charge in [0.2, 0.25) is 0 Å². The van der Waals surface area contributed by atoms with E-state index >= 15 is 0 Å². The molecule has 0 radical (unpaired) electrons. The lowest BCUT2D eigenvalue weighted by atomic mass is 10.1. The molecule has 2 rings (SSSR count). The van der Waals surface area contributed by atoms with Crippen LogP contribution < -0.4 is 10.6 Å². The summed E-state index contributed by atoms with van der Waals surface area (Å²) in [6.07, 6.45) is 3.18. The summed E-state index contributed by atoms with van der Waals surface area (Å²) in [4.78, 5) is 24.3. The number of carbonyl (C=O) groups excluding carboxylic acids is 2. The Hall–Kier alpha value is -2.62. The van der Waals surface area contributed by atoms with Gasteiger partial charge in [-0.25, -0.2) is 0 Å². The van der Waals surface area contributed by atoms with E-state index in [0.29, 0.717) is 17.7 Å². The smallest absolute Gasteiger partial charge is 0.255 e. The number of hydrogen-bond acceptors (Lipinski definition) is 2. The van der Waals surface area contributed by atoms with Crippen LogP contribution in [0.15, 0.2) is 54.6 Å². The van der Waals surface area contributed by atoms with Gasteiger partial charge in [0.05, 0.1) is 0 Å². The van der Waals surface area contributed by atoms with Gasteiger partial charge >= 0.3 is 0 Å². The van der Waals surface area contributed by atoms with Crippen LogP contribution in [0.2, 0.25) is 0 Å². The van der Waals surface area contributed by atoms with Crippen LogP contribution >= 0.6 is 0 Å². The summed E-state index contributed by atoms with van der Waals surface area (Å²) in [5, 5.41) is 5.69. The van der Waals surface area contributed by atoms with Gasteiger partial charge in [-0.1, -0.05) is 44.0 Å². The maximum atomic E-state index is 12.2. The zero-order valence-corrected chi connectivity index (χ0v) is 13.3. The quantitative estimate of drug-likeness (QED) is 0.763. The third kappa shape index (κ3) is 5.25. The highest BCUT2D eigenvalue weighted by Crippen LogP contribution is 2.10. The maximum Gasteiger partial charge on any atom is 0.255 e. The maximum absolute atomic E-state index is 12.2. The van der Waals surface area contributed by atoms with Crippen molar-refractivity contribution in [2.24, 2.45) is 0 Å². The summed E-state index contributed by atoms with van der Waals surface area (Å²) < 4.78 is 0. The molecule has 4 nitrogen and oxygen atoms in total. The van der Waals surface area contributed by atoms with Crippen molar-refractivity contribution in [3.8, 4) is 0 Å². The normalized spacial score (nSPS) is 10.1. The van der Waals surface area contributed by atoms with Gasteiger partial charge in [0.15, 0.2) is 0 Å². The molecule has 0 saturated carbocycles. The van der Waals surface area contributed by atoms with Crippen molar-refractivity contribution in [2.45, 2.75) is 26.2 Å². The molecule has 4 heteroatoms. The number of rotatable bonds is 7. The molecule has 23 heavy (non-hydrogen) atoms. The van der Waals surface area contributed by atoms with Crippen LogP contribution in [-0.4, -0.2) is 18.4 Å². The topological polar surface area (TPSA) is 58.2 Å². The number of anilines is 1. The fourth-order valence-corrected chi connectivity index (χ4v) is 2.21. The summed E-state index contributed by atoms with van der Waals surface area (Å²) in [7, 11) is 0. The molecule has 0 fully saturated rings. The second kappa shape index (κ2) is 8.73. The van der Waals surface area contributed by atoms with Gasteiger partial charge in [0.1, 0.15) is 0 Å². The average molecular weight is 310 g/mol. The van der Waals surface area contributed by atoms with Crippen LogP contribution in [0.1, 0.15) is 46.9 Å². The number of unbranched alkanes of at least 4 members (excludes halogenated alkanes) is 2. The highest BCUT2D eigenvalue weighted by atomic mass is 16.2. The lowest BCUT2D eigenvalue weighted by Crippen LogP contribution is -2.24. The van der Waals surface area contributed by atoms with Gasteiger partial charge in [0, 0.05) is 23.4 Å². The van der Waals surface area contributed by atoms with Crippen LogP contribution in [0.25, 0.3) is 0 Å². The van der Waals surface area contributed by atoms with E-state index in [9.17, 15) is 9.59 Å². The van der Waals surface area contributed by atoms with Crippen molar-refractivity contribution >= 4 is 17.5 Å². The number of para-hydroxylation sites is 1. The van der Waals surface area contributed by atoms with Crippen molar-refractivity contribution in [1.29, 1.82) is 0 Å². The third-order valence-electron chi connectivity index (χ3n) is 3.48. The highest BCUT2D eigenvalue weighted by molar-refractivity contribution is 6.06. The van der Waals surface area contributed by atoms with Crippen LogP contribution in [0.4, 0.5) is 5.69 Å². The van der Waals surface area contributed by atoms with Gasteiger partial charge < -0.3 is 10.6 Å². The Kier molecular flexibility index (Phi) is 6.36. The predicted octanol–water partition coefficient (Wildman–Crippen LogP) is 3.86. The standard InChI is InChI=1S/C19H22N2O2/c1-2-3-7-13-20-18(22)15-9-8-10-16(14-15)19(23)21-17-11-5-4-6-12-17/h4-6,8-12,14H,2-3,7,13H2,1H3,(H,20,22)(H,21,23). The molecule has 0 unspecified atom stereocenters. The predicted molar refractivity (Wildman–Crippen MR) is 92.7 cm³/mol. The Morgan fingerprint density at radius 3 is 2.26 bits per heavy atom. The van der Waals surface area contributed by atoms with Crippen LogP contribution in [-0.2, 0) is 0 Å². The van der Waals surface area contributed by atoms with E-state index in [-0.39, 0.29) is 11.8 Å². The van der Waals surface area contributed by atoms with E-state index in [1.807, 2.05) is 30.3 Å². The van der Waals surface area contributed by atoms with E-state index < -0.39 is 0 Å². The summed E-state index contributed by atoms with van der Waals surface area (Å²) >= 11 is 0. The number of benzene rings is 2. The van der Waals surface area contributed by atoms with E-state index in [1.165, 1.54) is 0 Å². The molecule has 0 aliphatic rings. The largest absolute Gasteiger partial charge is 0.352 e. The molecular weight excluding hydrogens is 288 g/mol. The number of amides is 2. The molecule has 0 bridgehead atoms.